The molecule has 116 valence electrons. The topological polar surface area (TPSA) is 75.4 Å². The molecule has 0 bridgehead atoms. The van der Waals surface area contributed by atoms with Gasteiger partial charge in [-0.15, -0.1) is 0 Å². The molecule has 0 radical (unpaired) electrons. The van der Waals surface area contributed by atoms with Crippen LogP contribution in [0.4, 0.5) is 0 Å². The van der Waals surface area contributed by atoms with Crippen molar-refractivity contribution in [1.82, 2.24) is 10.5 Å². The second-order valence-electron chi connectivity index (χ2n) is 6.04. The van der Waals surface area contributed by atoms with Gasteiger partial charge in [0.1, 0.15) is 5.69 Å². The standard InChI is InChI=1S/C17H20N2O3/c1-12-4-6-13(7-5-12)14-10-15(22-19-14)16(21)18-17(11-20)8-2-3-9-17/h4-7,10,20H,2-3,8-9,11H2,1H3,(H,18,21). The quantitative estimate of drug-likeness (QED) is 0.910. The number of aliphatic hydroxyl groups is 1. The lowest BCUT2D eigenvalue weighted by Crippen LogP contribution is -2.49. The van der Waals surface area contributed by atoms with Gasteiger partial charge in [-0.1, -0.05) is 47.8 Å². The van der Waals surface area contributed by atoms with Crippen LogP contribution in [0.5, 0.6) is 0 Å². The number of nitrogens with zero attached hydrogens (tertiary/aromatic N) is 1. The first-order valence-electron chi connectivity index (χ1n) is 7.59. The van der Waals surface area contributed by atoms with Crippen LogP contribution in [0.1, 0.15) is 41.8 Å². The van der Waals surface area contributed by atoms with E-state index in [1.165, 1.54) is 0 Å². The van der Waals surface area contributed by atoms with Crippen LogP contribution in [0, 0.1) is 6.92 Å². The van der Waals surface area contributed by atoms with Gasteiger partial charge in [0.2, 0.25) is 5.76 Å². The second kappa shape index (κ2) is 5.93. The summed E-state index contributed by atoms with van der Waals surface area (Å²) >= 11 is 0. The molecule has 1 aromatic heterocycles. The molecular formula is C17H20N2O3. The molecule has 2 N–H and O–H groups in total. The van der Waals surface area contributed by atoms with E-state index in [1.807, 2.05) is 31.2 Å². The van der Waals surface area contributed by atoms with Crippen molar-refractivity contribution in [2.45, 2.75) is 38.1 Å². The van der Waals surface area contributed by atoms with Crippen LogP contribution in [-0.4, -0.2) is 28.3 Å². The predicted molar refractivity (Wildman–Crippen MR) is 82.4 cm³/mol. The van der Waals surface area contributed by atoms with Gasteiger partial charge in [-0.05, 0) is 19.8 Å². The van der Waals surface area contributed by atoms with Crippen molar-refractivity contribution in [3.63, 3.8) is 0 Å². The molecule has 0 aliphatic heterocycles. The summed E-state index contributed by atoms with van der Waals surface area (Å²) in [6.45, 7) is 1.97. The van der Waals surface area contributed by atoms with Crippen molar-refractivity contribution in [2.24, 2.45) is 0 Å². The molecule has 0 unspecified atom stereocenters. The van der Waals surface area contributed by atoms with E-state index in [-0.39, 0.29) is 18.3 Å². The number of amides is 1. The number of carbonyl (C=O) groups excluding carboxylic acids is 1. The van der Waals surface area contributed by atoms with E-state index in [0.29, 0.717) is 5.69 Å². The van der Waals surface area contributed by atoms with E-state index in [4.69, 9.17) is 4.52 Å². The van der Waals surface area contributed by atoms with E-state index < -0.39 is 5.54 Å². The molecule has 3 rings (SSSR count). The molecule has 1 aromatic carbocycles. The zero-order chi connectivity index (χ0) is 15.6. The number of benzene rings is 1. The lowest BCUT2D eigenvalue weighted by Gasteiger charge is -2.27. The van der Waals surface area contributed by atoms with Gasteiger partial charge in [-0.2, -0.15) is 0 Å². The lowest BCUT2D eigenvalue weighted by molar-refractivity contribution is 0.0802. The molecule has 1 saturated carbocycles. The lowest BCUT2D eigenvalue weighted by atomic mass is 9.99. The summed E-state index contributed by atoms with van der Waals surface area (Å²) in [5, 5.41) is 16.4. The van der Waals surface area contributed by atoms with Gasteiger partial charge in [-0.25, -0.2) is 0 Å². The van der Waals surface area contributed by atoms with Gasteiger partial charge in [0, 0.05) is 11.6 Å². The number of nitrogens with one attached hydrogen (secondary N) is 1. The molecule has 0 atom stereocenters. The van der Waals surface area contributed by atoms with Crippen LogP contribution in [0.2, 0.25) is 0 Å². The number of rotatable bonds is 4. The Bertz CT molecular complexity index is 655. The van der Waals surface area contributed by atoms with Gasteiger partial charge in [-0.3, -0.25) is 4.79 Å². The third-order valence-corrected chi connectivity index (χ3v) is 4.32. The van der Waals surface area contributed by atoms with E-state index in [0.717, 1.165) is 36.8 Å². The minimum absolute atomic E-state index is 0.0440. The van der Waals surface area contributed by atoms with Crippen LogP contribution in [0.25, 0.3) is 11.3 Å². The number of aliphatic hydroxyl groups excluding tert-OH is 1. The van der Waals surface area contributed by atoms with Crippen LogP contribution < -0.4 is 5.32 Å². The summed E-state index contributed by atoms with van der Waals surface area (Å²) in [7, 11) is 0. The Kier molecular flexibility index (Phi) is 3.98. The Balaban J connectivity index is 1.75. The molecule has 1 amide bonds. The predicted octanol–water partition coefficient (Wildman–Crippen LogP) is 2.68. The molecule has 5 heteroatoms. The first kappa shape index (κ1) is 14.8. The minimum Gasteiger partial charge on any atom is -0.394 e. The van der Waals surface area contributed by atoms with Gasteiger partial charge < -0.3 is 14.9 Å². The van der Waals surface area contributed by atoms with Crippen molar-refractivity contribution in [2.75, 3.05) is 6.61 Å². The Morgan fingerprint density at radius 2 is 2.00 bits per heavy atom. The monoisotopic (exact) mass is 300 g/mol. The van der Waals surface area contributed by atoms with Gasteiger partial charge in [0.25, 0.3) is 5.91 Å². The number of aromatic nitrogens is 1. The van der Waals surface area contributed by atoms with E-state index >= 15 is 0 Å². The summed E-state index contributed by atoms with van der Waals surface area (Å²) < 4.78 is 5.17. The molecule has 1 heterocycles. The first-order chi connectivity index (χ1) is 10.6. The molecule has 0 saturated heterocycles. The number of carbonyl (C=O) groups is 1. The van der Waals surface area contributed by atoms with Crippen molar-refractivity contribution < 1.29 is 14.4 Å². The highest BCUT2D eigenvalue weighted by atomic mass is 16.5. The molecule has 22 heavy (non-hydrogen) atoms. The highest BCUT2D eigenvalue weighted by Gasteiger charge is 2.35. The third-order valence-electron chi connectivity index (χ3n) is 4.32. The first-order valence-corrected chi connectivity index (χ1v) is 7.59. The average Bonchev–Trinajstić information content (AvgIpc) is 3.18. The zero-order valence-corrected chi connectivity index (χ0v) is 12.6. The fourth-order valence-corrected chi connectivity index (χ4v) is 2.92. The van der Waals surface area contributed by atoms with Crippen LogP contribution in [-0.2, 0) is 0 Å². The zero-order valence-electron chi connectivity index (χ0n) is 12.6. The molecule has 1 fully saturated rings. The van der Waals surface area contributed by atoms with Gasteiger partial charge >= 0.3 is 0 Å². The summed E-state index contributed by atoms with van der Waals surface area (Å²) in [4.78, 5) is 12.3. The molecule has 2 aromatic rings. The maximum Gasteiger partial charge on any atom is 0.290 e. The van der Waals surface area contributed by atoms with E-state index in [9.17, 15) is 9.90 Å². The van der Waals surface area contributed by atoms with Gasteiger partial charge in [0.15, 0.2) is 0 Å². The summed E-state index contributed by atoms with van der Waals surface area (Å²) in [6.07, 6.45) is 3.64. The minimum atomic E-state index is -0.506. The fourth-order valence-electron chi connectivity index (χ4n) is 2.92. The number of aryl methyl sites for hydroxylation is 1. The maximum atomic E-state index is 12.3. The fraction of sp³-hybridized carbons (Fsp3) is 0.412. The van der Waals surface area contributed by atoms with Crippen LogP contribution in [0.3, 0.4) is 0 Å². The molecule has 1 aliphatic rings. The molecule has 5 nitrogen and oxygen atoms in total. The number of hydrogen-bond acceptors (Lipinski definition) is 4. The Hall–Kier alpha value is -2.14. The number of hydrogen-bond donors (Lipinski definition) is 2. The smallest absolute Gasteiger partial charge is 0.290 e. The van der Waals surface area contributed by atoms with E-state index in [2.05, 4.69) is 10.5 Å². The van der Waals surface area contributed by atoms with Crippen molar-refractivity contribution >= 4 is 5.91 Å². The van der Waals surface area contributed by atoms with Crippen LogP contribution in [0.15, 0.2) is 34.9 Å². The van der Waals surface area contributed by atoms with Crippen molar-refractivity contribution in [3.05, 3.63) is 41.7 Å². The highest BCUT2D eigenvalue weighted by molar-refractivity contribution is 5.93. The SMILES string of the molecule is Cc1ccc(-c2cc(C(=O)NC3(CO)CCCC3)on2)cc1. The maximum absolute atomic E-state index is 12.3. The summed E-state index contributed by atoms with van der Waals surface area (Å²) in [6, 6.07) is 9.51. The summed E-state index contributed by atoms with van der Waals surface area (Å²) in [5.74, 6) is -0.142. The average molecular weight is 300 g/mol. The Morgan fingerprint density at radius 1 is 1.32 bits per heavy atom. The molecular weight excluding hydrogens is 280 g/mol. The Morgan fingerprint density at radius 3 is 2.64 bits per heavy atom. The van der Waals surface area contributed by atoms with Crippen molar-refractivity contribution in [1.29, 1.82) is 0 Å². The highest BCUT2D eigenvalue weighted by Crippen LogP contribution is 2.29. The van der Waals surface area contributed by atoms with Crippen LogP contribution >= 0.6 is 0 Å². The third kappa shape index (κ3) is 2.90. The van der Waals surface area contributed by atoms with Crippen molar-refractivity contribution in [3.8, 4) is 11.3 Å². The normalized spacial score (nSPS) is 16.6. The second-order valence-corrected chi connectivity index (χ2v) is 6.04. The Labute approximate surface area is 129 Å². The summed E-state index contributed by atoms with van der Waals surface area (Å²) in [5.41, 5.74) is 2.20. The largest absolute Gasteiger partial charge is 0.394 e. The van der Waals surface area contributed by atoms with Gasteiger partial charge in [0.05, 0.1) is 12.1 Å². The molecule has 0 spiro atoms. The van der Waals surface area contributed by atoms with E-state index in [1.54, 1.807) is 6.07 Å². The molecule has 1 aliphatic carbocycles.